The highest BCUT2D eigenvalue weighted by molar-refractivity contribution is 7.21. The van der Waals surface area contributed by atoms with Crippen molar-refractivity contribution in [1.29, 1.82) is 5.26 Å². The number of pyridine rings is 1. The number of ether oxygens (including phenoxy) is 1. The summed E-state index contributed by atoms with van der Waals surface area (Å²) in [5.41, 5.74) is 2.58. The predicted octanol–water partition coefficient (Wildman–Crippen LogP) is 4.77. The maximum atomic E-state index is 12.7. The second kappa shape index (κ2) is 7.74. The summed E-state index contributed by atoms with van der Waals surface area (Å²) in [4.78, 5) is 26.5. The molecule has 0 aliphatic heterocycles. The molecule has 6 heteroatoms. The van der Waals surface area contributed by atoms with Gasteiger partial charge < -0.3 is 4.74 Å². The normalized spacial score (nSPS) is 10.6. The van der Waals surface area contributed by atoms with Crippen molar-refractivity contribution in [3.63, 3.8) is 0 Å². The number of nitrogens with zero attached hydrogens (tertiary/aromatic N) is 2. The van der Waals surface area contributed by atoms with Crippen LogP contribution in [0.1, 0.15) is 22.2 Å². The van der Waals surface area contributed by atoms with Crippen LogP contribution in [0.3, 0.4) is 0 Å². The number of hydrogen-bond acceptors (Lipinski definition) is 5. The monoisotopic (exact) mass is 400 g/mol. The number of carbonyl (C=O) groups excluding carboxylic acids is 1. The number of para-hydroxylation sites is 1. The number of esters is 1. The lowest BCUT2D eigenvalue weighted by Gasteiger charge is -2.08. The molecule has 0 unspecified atom stereocenters. The maximum Gasteiger partial charge on any atom is 0.349 e. The quantitative estimate of drug-likeness (QED) is 0.463. The molecule has 2 heterocycles. The van der Waals surface area contributed by atoms with Gasteiger partial charge in [-0.2, -0.15) is 5.26 Å². The molecule has 0 amide bonds. The Morgan fingerprint density at radius 2 is 1.79 bits per heavy atom. The fourth-order valence-electron chi connectivity index (χ4n) is 3.24. The lowest BCUT2D eigenvalue weighted by molar-refractivity contribution is 0.0533. The van der Waals surface area contributed by atoms with Gasteiger partial charge in [-0.1, -0.05) is 30.3 Å². The van der Waals surface area contributed by atoms with Crippen molar-refractivity contribution >= 4 is 27.5 Å². The van der Waals surface area contributed by atoms with Gasteiger partial charge in [0.25, 0.3) is 5.56 Å². The van der Waals surface area contributed by atoms with E-state index in [0.717, 1.165) is 16.6 Å². The van der Waals surface area contributed by atoms with Crippen molar-refractivity contribution < 1.29 is 9.53 Å². The van der Waals surface area contributed by atoms with E-state index < -0.39 is 5.97 Å². The highest BCUT2D eigenvalue weighted by Crippen LogP contribution is 2.39. The molecule has 0 saturated carbocycles. The fraction of sp³-hybridized carbons (Fsp3) is 0.0870. The van der Waals surface area contributed by atoms with Crippen LogP contribution in [0.4, 0.5) is 0 Å². The van der Waals surface area contributed by atoms with E-state index in [2.05, 4.69) is 6.07 Å². The topological polar surface area (TPSA) is 72.1 Å². The first-order valence-corrected chi connectivity index (χ1v) is 9.87. The minimum atomic E-state index is -0.430. The largest absolute Gasteiger partial charge is 0.462 e. The number of rotatable bonds is 4. The van der Waals surface area contributed by atoms with E-state index >= 15 is 0 Å². The number of aromatic nitrogens is 1. The van der Waals surface area contributed by atoms with Crippen LogP contribution in [0.15, 0.2) is 71.5 Å². The van der Waals surface area contributed by atoms with Gasteiger partial charge in [0, 0.05) is 17.0 Å². The van der Waals surface area contributed by atoms with Gasteiger partial charge in [-0.15, -0.1) is 11.3 Å². The molecule has 4 rings (SSSR count). The molecule has 0 aliphatic rings. The molecule has 0 atom stereocenters. The smallest absolute Gasteiger partial charge is 0.349 e. The fourth-order valence-corrected chi connectivity index (χ4v) is 4.47. The zero-order valence-electron chi connectivity index (χ0n) is 15.6. The molecular formula is C23H16N2O3S. The molecule has 5 nitrogen and oxygen atoms in total. The van der Waals surface area contributed by atoms with Crippen LogP contribution in [-0.2, 0) is 4.74 Å². The number of fused-ring (bicyclic) bond motifs is 1. The van der Waals surface area contributed by atoms with Gasteiger partial charge in [-0.05, 0) is 42.8 Å². The Bertz CT molecular complexity index is 1300. The molecule has 0 fully saturated rings. The first-order valence-electron chi connectivity index (χ1n) is 9.05. The van der Waals surface area contributed by atoms with Crippen LogP contribution in [0.2, 0.25) is 0 Å². The number of nitriles is 1. The summed E-state index contributed by atoms with van der Waals surface area (Å²) in [6.07, 6.45) is 0. The Balaban J connectivity index is 2.05. The molecule has 0 radical (unpaired) electrons. The molecule has 0 aliphatic carbocycles. The molecule has 0 spiro atoms. The SMILES string of the molecule is CCOC(=O)c1sc2c(ccc(=O)n2-c2ccccc2)c1-c1ccc(C#N)cc1. The van der Waals surface area contributed by atoms with Crippen LogP contribution >= 0.6 is 11.3 Å². The first kappa shape index (κ1) is 18.7. The molecule has 0 saturated heterocycles. The summed E-state index contributed by atoms with van der Waals surface area (Å²) < 4.78 is 6.88. The van der Waals surface area contributed by atoms with E-state index in [0.29, 0.717) is 20.8 Å². The van der Waals surface area contributed by atoms with Gasteiger partial charge in [0.15, 0.2) is 0 Å². The summed E-state index contributed by atoms with van der Waals surface area (Å²) in [7, 11) is 0. The maximum absolute atomic E-state index is 12.7. The van der Waals surface area contributed by atoms with Crippen molar-refractivity contribution in [2.75, 3.05) is 6.61 Å². The second-order valence-electron chi connectivity index (χ2n) is 6.28. The van der Waals surface area contributed by atoms with Gasteiger partial charge in [0.1, 0.15) is 9.71 Å². The number of benzene rings is 2. The minimum Gasteiger partial charge on any atom is -0.462 e. The Kier molecular flexibility index (Phi) is 4.98. The van der Waals surface area contributed by atoms with Crippen molar-refractivity contribution in [2.45, 2.75) is 6.92 Å². The Hall–Kier alpha value is -3.69. The zero-order chi connectivity index (χ0) is 20.4. The van der Waals surface area contributed by atoms with Crippen molar-refractivity contribution in [1.82, 2.24) is 4.57 Å². The number of hydrogen-bond donors (Lipinski definition) is 0. The summed E-state index contributed by atoms with van der Waals surface area (Å²) in [5, 5.41) is 9.86. The average molecular weight is 400 g/mol. The van der Waals surface area contributed by atoms with E-state index in [9.17, 15) is 9.59 Å². The molecule has 0 N–H and O–H groups in total. The Morgan fingerprint density at radius 1 is 1.07 bits per heavy atom. The van der Waals surface area contributed by atoms with E-state index in [-0.39, 0.29) is 12.2 Å². The van der Waals surface area contributed by atoms with Gasteiger partial charge in [-0.25, -0.2) is 4.79 Å². The van der Waals surface area contributed by atoms with Gasteiger partial charge in [0.2, 0.25) is 0 Å². The zero-order valence-corrected chi connectivity index (χ0v) is 16.4. The molecule has 2 aromatic heterocycles. The standard InChI is InChI=1S/C23H16N2O3S/c1-2-28-23(27)21-20(16-10-8-15(14-24)9-11-16)18-12-13-19(26)25(22(18)29-21)17-6-4-3-5-7-17/h3-13H,2H2,1H3. The summed E-state index contributed by atoms with van der Waals surface area (Å²) in [5.74, 6) is -0.430. The third-order valence-corrected chi connectivity index (χ3v) is 5.69. The lowest BCUT2D eigenvalue weighted by Crippen LogP contribution is -2.16. The van der Waals surface area contributed by atoms with E-state index in [4.69, 9.17) is 10.00 Å². The van der Waals surface area contributed by atoms with Crippen molar-refractivity contribution in [3.05, 3.63) is 87.5 Å². The van der Waals surface area contributed by atoms with Crippen LogP contribution < -0.4 is 5.56 Å². The van der Waals surface area contributed by atoms with Crippen LogP contribution in [0.5, 0.6) is 0 Å². The van der Waals surface area contributed by atoms with Gasteiger partial charge in [0.05, 0.1) is 23.9 Å². The second-order valence-corrected chi connectivity index (χ2v) is 7.28. The molecule has 142 valence electrons. The summed E-state index contributed by atoms with van der Waals surface area (Å²) in [6, 6.07) is 21.7. The molecule has 0 bridgehead atoms. The highest BCUT2D eigenvalue weighted by Gasteiger charge is 2.23. The van der Waals surface area contributed by atoms with Crippen LogP contribution in [-0.4, -0.2) is 17.1 Å². The van der Waals surface area contributed by atoms with Crippen LogP contribution in [0.25, 0.3) is 27.0 Å². The summed E-state index contributed by atoms with van der Waals surface area (Å²) >= 11 is 1.24. The van der Waals surface area contributed by atoms with E-state index in [1.54, 1.807) is 41.8 Å². The Morgan fingerprint density at radius 3 is 2.45 bits per heavy atom. The van der Waals surface area contributed by atoms with Crippen molar-refractivity contribution in [3.8, 4) is 22.9 Å². The van der Waals surface area contributed by atoms with Gasteiger partial charge in [-0.3, -0.25) is 9.36 Å². The van der Waals surface area contributed by atoms with Crippen molar-refractivity contribution in [2.24, 2.45) is 0 Å². The predicted molar refractivity (Wildman–Crippen MR) is 114 cm³/mol. The molecular weight excluding hydrogens is 384 g/mol. The Labute approximate surface area is 171 Å². The van der Waals surface area contributed by atoms with Crippen LogP contribution in [0, 0.1) is 11.3 Å². The molecule has 2 aromatic carbocycles. The summed E-state index contributed by atoms with van der Waals surface area (Å²) in [6.45, 7) is 2.01. The third-order valence-electron chi connectivity index (χ3n) is 4.52. The first-order chi connectivity index (χ1) is 14.1. The van der Waals surface area contributed by atoms with E-state index in [1.807, 2.05) is 30.3 Å². The number of thiophene rings is 1. The third kappa shape index (κ3) is 3.33. The minimum absolute atomic E-state index is 0.174. The average Bonchev–Trinajstić information content (AvgIpc) is 3.14. The number of carbonyl (C=O) groups is 1. The highest BCUT2D eigenvalue weighted by atomic mass is 32.1. The van der Waals surface area contributed by atoms with E-state index in [1.165, 1.54) is 17.4 Å². The lowest BCUT2D eigenvalue weighted by atomic mass is 10.0. The molecule has 4 aromatic rings. The van der Waals surface area contributed by atoms with Gasteiger partial charge >= 0.3 is 5.97 Å². The molecule has 29 heavy (non-hydrogen) atoms.